The fourth-order valence-corrected chi connectivity index (χ4v) is 1.67. The number of hydrogen-bond acceptors (Lipinski definition) is 3. The van der Waals surface area contributed by atoms with Crippen molar-refractivity contribution in [3.63, 3.8) is 0 Å². The van der Waals surface area contributed by atoms with Crippen molar-refractivity contribution in [2.75, 3.05) is 24.2 Å². The first-order valence-electron chi connectivity index (χ1n) is 4.64. The molecule has 14 heavy (non-hydrogen) atoms. The van der Waals surface area contributed by atoms with Crippen LogP contribution in [0.15, 0.2) is 22.7 Å². The maximum absolute atomic E-state index is 8.60. The van der Waals surface area contributed by atoms with Gasteiger partial charge in [0.1, 0.15) is 0 Å². The van der Waals surface area contributed by atoms with Crippen LogP contribution in [0.1, 0.15) is 12.8 Å². The Bertz CT molecular complexity index is 291. The van der Waals surface area contributed by atoms with Crippen LogP contribution in [0.2, 0.25) is 0 Å². The van der Waals surface area contributed by atoms with E-state index in [9.17, 15) is 0 Å². The summed E-state index contributed by atoms with van der Waals surface area (Å²) in [5.74, 6) is 0. The fraction of sp³-hybridized carbons (Fsp3) is 0.400. The number of rotatable bonds is 5. The quantitative estimate of drug-likeness (QED) is 0.561. The SMILES string of the molecule is Nc1ccc(NCCCCO)c(Br)c1. The second-order valence-corrected chi connectivity index (χ2v) is 3.95. The molecule has 1 aromatic rings. The zero-order valence-corrected chi connectivity index (χ0v) is 9.55. The smallest absolute Gasteiger partial charge is 0.0486 e. The number of hydrogen-bond donors (Lipinski definition) is 3. The van der Waals surface area contributed by atoms with Gasteiger partial charge in [0, 0.05) is 29.0 Å². The van der Waals surface area contributed by atoms with Crippen LogP contribution in [0, 0.1) is 0 Å². The lowest BCUT2D eigenvalue weighted by Crippen LogP contribution is -2.03. The first-order valence-corrected chi connectivity index (χ1v) is 5.43. The molecular formula is C10H15BrN2O. The zero-order valence-electron chi connectivity index (χ0n) is 7.96. The molecule has 0 aromatic heterocycles. The first-order chi connectivity index (χ1) is 6.74. The number of aliphatic hydroxyl groups is 1. The van der Waals surface area contributed by atoms with Gasteiger partial charge in [-0.15, -0.1) is 0 Å². The molecule has 0 amide bonds. The minimum absolute atomic E-state index is 0.255. The van der Waals surface area contributed by atoms with Crippen LogP contribution in [0.4, 0.5) is 11.4 Å². The highest BCUT2D eigenvalue weighted by molar-refractivity contribution is 9.10. The molecule has 0 fully saturated rings. The van der Waals surface area contributed by atoms with E-state index in [0.717, 1.165) is 35.2 Å². The van der Waals surface area contributed by atoms with Gasteiger partial charge in [0.25, 0.3) is 0 Å². The van der Waals surface area contributed by atoms with E-state index in [1.165, 1.54) is 0 Å². The Hall–Kier alpha value is -0.740. The highest BCUT2D eigenvalue weighted by Crippen LogP contribution is 2.24. The monoisotopic (exact) mass is 258 g/mol. The van der Waals surface area contributed by atoms with Gasteiger partial charge >= 0.3 is 0 Å². The summed E-state index contributed by atoms with van der Waals surface area (Å²) in [6, 6.07) is 5.67. The van der Waals surface area contributed by atoms with Gasteiger partial charge in [0.05, 0.1) is 0 Å². The summed E-state index contributed by atoms with van der Waals surface area (Å²) in [4.78, 5) is 0. The van der Waals surface area contributed by atoms with Crippen LogP contribution in [-0.4, -0.2) is 18.3 Å². The predicted octanol–water partition coefficient (Wildman–Crippen LogP) is 2.22. The second-order valence-electron chi connectivity index (χ2n) is 3.10. The first kappa shape index (κ1) is 11.3. The molecular weight excluding hydrogens is 244 g/mol. The number of anilines is 2. The number of benzene rings is 1. The van der Waals surface area contributed by atoms with E-state index in [4.69, 9.17) is 10.8 Å². The molecule has 0 bridgehead atoms. The number of nitrogens with one attached hydrogen (secondary N) is 1. The van der Waals surface area contributed by atoms with E-state index in [2.05, 4.69) is 21.2 Å². The molecule has 0 aliphatic heterocycles. The summed E-state index contributed by atoms with van der Waals surface area (Å²) in [6.07, 6.45) is 1.80. The maximum atomic E-state index is 8.60. The molecule has 4 N–H and O–H groups in total. The minimum atomic E-state index is 0.255. The van der Waals surface area contributed by atoms with Crippen molar-refractivity contribution in [2.24, 2.45) is 0 Å². The van der Waals surface area contributed by atoms with Gasteiger partial charge in [-0.2, -0.15) is 0 Å². The summed E-state index contributed by atoms with van der Waals surface area (Å²) in [5.41, 5.74) is 7.40. The summed E-state index contributed by atoms with van der Waals surface area (Å²) in [6.45, 7) is 1.12. The van der Waals surface area contributed by atoms with Crippen LogP contribution in [0.25, 0.3) is 0 Å². The van der Waals surface area contributed by atoms with Crippen molar-refractivity contribution < 1.29 is 5.11 Å². The molecule has 0 radical (unpaired) electrons. The molecule has 0 saturated carbocycles. The van der Waals surface area contributed by atoms with Crippen molar-refractivity contribution in [3.8, 4) is 0 Å². The van der Waals surface area contributed by atoms with Crippen molar-refractivity contribution in [1.29, 1.82) is 0 Å². The van der Waals surface area contributed by atoms with Gasteiger partial charge < -0.3 is 16.2 Å². The zero-order chi connectivity index (χ0) is 10.4. The summed E-state index contributed by atoms with van der Waals surface area (Å²) >= 11 is 3.42. The standard InChI is InChI=1S/C10H15BrN2O/c11-9-7-8(12)3-4-10(9)13-5-1-2-6-14/h3-4,7,13-14H,1-2,5-6,12H2. The molecule has 78 valence electrons. The largest absolute Gasteiger partial charge is 0.399 e. The Kier molecular flexibility index (Phi) is 4.76. The van der Waals surface area contributed by atoms with Gasteiger partial charge in [-0.3, -0.25) is 0 Å². The lowest BCUT2D eigenvalue weighted by molar-refractivity contribution is 0.286. The van der Waals surface area contributed by atoms with E-state index in [0.29, 0.717) is 0 Å². The van der Waals surface area contributed by atoms with Crippen molar-refractivity contribution in [2.45, 2.75) is 12.8 Å². The molecule has 1 aromatic carbocycles. The third-order valence-electron chi connectivity index (χ3n) is 1.89. The predicted molar refractivity (Wildman–Crippen MR) is 63.4 cm³/mol. The van der Waals surface area contributed by atoms with Crippen LogP contribution >= 0.6 is 15.9 Å². The Morgan fingerprint density at radius 3 is 2.79 bits per heavy atom. The molecule has 0 aliphatic rings. The molecule has 0 aliphatic carbocycles. The molecule has 0 saturated heterocycles. The molecule has 1 rings (SSSR count). The van der Waals surface area contributed by atoms with E-state index < -0.39 is 0 Å². The summed E-state index contributed by atoms with van der Waals surface area (Å²) < 4.78 is 0.974. The minimum Gasteiger partial charge on any atom is -0.399 e. The van der Waals surface area contributed by atoms with Gasteiger partial charge in [-0.05, 0) is 47.0 Å². The molecule has 0 atom stereocenters. The van der Waals surface area contributed by atoms with Gasteiger partial charge in [0.2, 0.25) is 0 Å². The van der Waals surface area contributed by atoms with Gasteiger partial charge in [0.15, 0.2) is 0 Å². The van der Waals surface area contributed by atoms with Gasteiger partial charge in [-0.25, -0.2) is 0 Å². The summed E-state index contributed by atoms with van der Waals surface area (Å²) in [7, 11) is 0. The molecule has 0 heterocycles. The van der Waals surface area contributed by atoms with E-state index in [-0.39, 0.29) is 6.61 Å². The van der Waals surface area contributed by atoms with Crippen molar-refractivity contribution >= 4 is 27.3 Å². The third kappa shape index (κ3) is 3.55. The Morgan fingerprint density at radius 2 is 2.14 bits per heavy atom. The maximum Gasteiger partial charge on any atom is 0.0486 e. The van der Waals surface area contributed by atoms with Crippen molar-refractivity contribution in [1.82, 2.24) is 0 Å². The van der Waals surface area contributed by atoms with Crippen LogP contribution < -0.4 is 11.1 Å². The normalized spacial score (nSPS) is 10.1. The van der Waals surface area contributed by atoms with E-state index >= 15 is 0 Å². The Morgan fingerprint density at radius 1 is 1.36 bits per heavy atom. The number of nitrogen functional groups attached to an aromatic ring is 1. The van der Waals surface area contributed by atoms with Crippen molar-refractivity contribution in [3.05, 3.63) is 22.7 Å². The number of aliphatic hydroxyl groups excluding tert-OH is 1. The molecule has 0 unspecified atom stereocenters. The van der Waals surface area contributed by atoms with Crippen LogP contribution in [0.3, 0.4) is 0 Å². The molecule has 0 spiro atoms. The van der Waals surface area contributed by atoms with Crippen LogP contribution in [-0.2, 0) is 0 Å². The Balaban J connectivity index is 2.42. The second kappa shape index (κ2) is 5.88. The number of nitrogens with two attached hydrogens (primary N) is 1. The average Bonchev–Trinajstić information content (AvgIpc) is 2.15. The highest BCUT2D eigenvalue weighted by Gasteiger charge is 1.98. The lowest BCUT2D eigenvalue weighted by Gasteiger charge is -2.08. The average molecular weight is 259 g/mol. The number of halogens is 1. The lowest BCUT2D eigenvalue weighted by atomic mass is 10.2. The topological polar surface area (TPSA) is 58.3 Å². The number of unbranched alkanes of at least 4 members (excludes halogenated alkanes) is 1. The van der Waals surface area contributed by atoms with E-state index in [1.807, 2.05) is 18.2 Å². The molecule has 4 heteroatoms. The van der Waals surface area contributed by atoms with Crippen LogP contribution in [0.5, 0.6) is 0 Å². The molecule has 3 nitrogen and oxygen atoms in total. The van der Waals surface area contributed by atoms with E-state index in [1.54, 1.807) is 0 Å². The summed E-state index contributed by atoms with van der Waals surface area (Å²) in [5, 5.41) is 11.9. The highest BCUT2D eigenvalue weighted by atomic mass is 79.9. The van der Waals surface area contributed by atoms with Gasteiger partial charge in [-0.1, -0.05) is 0 Å². The third-order valence-corrected chi connectivity index (χ3v) is 2.55. The Labute approximate surface area is 92.4 Å². The fourth-order valence-electron chi connectivity index (χ4n) is 1.13.